The van der Waals surface area contributed by atoms with E-state index in [9.17, 15) is 8.42 Å². The number of rotatable bonds is 6. The van der Waals surface area contributed by atoms with E-state index in [4.69, 9.17) is 11.6 Å². The summed E-state index contributed by atoms with van der Waals surface area (Å²) < 4.78 is 27.4. The van der Waals surface area contributed by atoms with Gasteiger partial charge in [-0.1, -0.05) is 67.1 Å². The molecule has 0 aliphatic rings. The quantitative estimate of drug-likeness (QED) is 0.876. The smallest absolute Gasteiger partial charge is 0.212 e. The molecule has 112 valence electrons. The molecule has 0 aliphatic carbocycles. The summed E-state index contributed by atoms with van der Waals surface area (Å²) in [7, 11) is -3.45. The molecular formula is C16H18ClNO2S. The normalized spacial score (nSPS) is 13.0. The standard InChI is InChI=1S/C16H18ClNO2S/c1-2-16(13-8-4-3-5-9-13)18-21(19,20)12-14-10-6-7-11-15(14)17/h3-11,16,18H,2,12H2,1H3. The number of halogens is 1. The van der Waals surface area contributed by atoms with Crippen LogP contribution in [0.4, 0.5) is 0 Å². The van der Waals surface area contributed by atoms with Crippen molar-refractivity contribution in [1.29, 1.82) is 0 Å². The fraction of sp³-hybridized carbons (Fsp3) is 0.250. The second-order valence-electron chi connectivity index (χ2n) is 4.84. The lowest BCUT2D eigenvalue weighted by molar-refractivity contribution is 0.549. The predicted molar refractivity (Wildman–Crippen MR) is 86.7 cm³/mol. The molecule has 5 heteroatoms. The molecule has 0 saturated carbocycles. The highest BCUT2D eigenvalue weighted by molar-refractivity contribution is 7.88. The van der Waals surface area contributed by atoms with E-state index >= 15 is 0 Å². The van der Waals surface area contributed by atoms with Crippen molar-refractivity contribution < 1.29 is 8.42 Å². The first-order valence-electron chi connectivity index (χ1n) is 6.80. The third kappa shape index (κ3) is 4.56. The number of nitrogens with one attached hydrogen (secondary N) is 1. The van der Waals surface area contributed by atoms with E-state index in [1.807, 2.05) is 37.3 Å². The molecule has 1 atom stereocenters. The molecule has 0 saturated heterocycles. The highest BCUT2D eigenvalue weighted by Gasteiger charge is 2.19. The van der Waals surface area contributed by atoms with E-state index in [2.05, 4.69) is 4.72 Å². The topological polar surface area (TPSA) is 46.2 Å². The number of hydrogen-bond acceptors (Lipinski definition) is 2. The van der Waals surface area contributed by atoms with Crippen molar-refractivity contribution in [2.45, 2.75) is 25.1 Å². The lowest BCUT2D eigenvalue weighted by atomic mass is 10.1. The maximum atomic E-state index is 12.3. The van der Waals surface area contributed by atoms with Crippen LogP contribution in [-0.2, 0) is 15.8 Å². The Hall–Kier alpha value is -1.36. The largest absolute Gasteiger partial charge is 0.216 e. The van der Waals surface area contributed by atoms with E-state index in [1.54, 1.807) is 24.3 Å². The van der Waals surface area contributed by atoms with Gasteiger partial charge in [-0.15, -0.1) is 0 Å². The summed E-state index contributed by atoms with van der Waals surface area (Å²) in [6.07, 6.45) is 0.686. The summed E-state index contributed by atoms with van der Waals surface area (Å²) in [4.78, 5) is 0. The maximum absolute atomic E-state index is 12.3. The van der Waals surface area contributed by atoms with Gasteiger partial charge in [0.25, 0.3) is 0 Å². The molecule has 0 radical (unpaired) electrons. The van der Waals surface area contributed by atoms with Crippen molar-refractivity contribution in [2.75, 3.05) is 0 Å². The first kappa shape index (κ1) is 16.0. The molecule has 0 aromatic heterocycles. The lowest BCUT2D eigenvalue weighted by Crippen LogP contribution is -2.29. The van der Waals surface area contributed by atoms with Crippen molar-refractivity contribution in [3.05, 3.63) is 70.7 Å². The van der Waals surface area contributed by atoms with Gasteiger partial charge in [0.05, 0.1) is 5.75 Å². The van der Waals surface area contributed by atoms with Gasteiger partial charge < -0.3 is 0 Å². The Morgan fingerprint density at radius 2 is 1.67 bits per heavy atom. The van der Waals surface area contributed by atoms with E-state index in [0.29, 0.717) is 17.0 Å². The Bertz CT molecular complexity index is 686. The van der Waals surface area contributed by atoms with Crippen LogP contribution in [0, 0.1) is 0 Å². The second kappa shape index (κ2) is 7.07. The molecule has 21 heavy (non-hydrogen) atoms. The summed E-state index contributed by atoms with van der Waals surface area (Å²) in [5, 5.41) is 0.468. The van der Waals surface area contributed by atoms with Crippen molar-refractivity contribution in [3.63, 3.8) is 0 Å². The molecule has 0 aliphatic heterocycles. The highest BCUT2D eigenvalue weighted by atomic mass is 35.5. The van der Waals surface area contributed by atoms with Crippen LogP contribution in [0.25, 0.3) is 0 Å². The molecule has 1 N–H and O–H groups in total. The summed E-state index contributed by atoms with van der Waals surface area (Å²) >= 11 is 6.03. The van der Waals surface area contributed by atoms with Gasteiger partial charge in [-0.3, -0.25) is 0 Å². The number of hydrogen-bond donors (Lipinski definition) is 1. The Morgan fingerprint density at radius 1 is 1.05 bits per heavy atom. The van der Waals surface area contributed by atoms with Crippen molar-refractivity contribution >= 4 is 21.6 Å². The Labute approximate surface area is 131 Å². The minimum Gasteiger partial charge on any atom is -0.212 e. The van der Waals surface area contributed by atoms with Gasteiger partial charge in [0, 0.05) is 11.1 Å². The van der Waals surface area contributed by atoms with Gasteiger partial charge in [-0.05, 0) is 23.6 Å². The molecule has 2 aromatic rings. The van der Waals surface area contributed by atoms with Crippen LogP contribution in [-0.4, -0.2) is 8.42 Å². The zero-order valence-electron chi connectivity index (χ0n) is 11.8. The predicted octanol–water partition coefficient (Wildman–Crippen LogP) is 3.91. The molecule has 0 bridgehead atoms. The third-order valence-corrected chi connectivity index (χ3v) is 4.94. The van der Waals surface area contributed by atoms with Crippen LogP contribution < -0.4 is 4.72 Å². The van der Waals surface area contributed by atoms with Gasteiger partial charge in [0.1, 0.15) is 0 Å². The summed E-state index contributed by atoms with van der Waals surface area (Å²) in [6.45, 7) is 1.95. The molecule has 3 nitrogen and oxygen atoms in total. The first-order valence-corrected chi connectivity index (χ1v) is 8.83. The zero-order valence-corrected chi connectivity index (χ0v) is 13.4. The van der Waals surface area contributed by atoms with Gasteiger partial charge >= 0.3 is 0 Å². The fourth-order valence-electron chi connectivity index (χ4n) is 2.15. The SMILES string of the molecule is CCC(NS(=O)(=O)Cc1ccccc1Cl)c1ccccc1. The number of sulfonamides is 1. The van der Waals surface area contributed by atoms with E-state index in [-0.39, 0.29) is 11.8 Å². The molecule has 1 unspecified atom stereocenters. The first-order chi connectivity index (χ1) is 10.0. The van der Waals surface area contributed by atoms with E-state index in [0.717, 1.165) is 5.56 Å². The Balaban J connectivity index is 2.15. The van der Waals surface area contributed by atoms with Crippen LogP contribution >= 0.6 is 11.6 Å². The van der Waals surface area contributed by atoms with Crippen molar-refractivity contribution in [1.82, 2.24) is 4.72 Å². The van der Waals surface area contributed by atoms with E-state index < -0.39 is 10.0 Å². The Kier molecular flexibility index (Phi) is 5.39. The second-order valence-corrected chi connectivity index (χ2v) is 7.00. The maximum Gasteiger partial charge on any atom is 0.216 e. The number of benzene rings is 2. The Morgan fingerprint density at radius 3 is 2.29 bits per heavy atom. The summed E-state index contributed by atoms with van der Waals surface area (Å²) in [6, 6.07) is 16.3. The molecule has 2 rings (SSSR count). The summed E-state index contributed by atoms with van der Waals surface area (Å²) in [5.74, 6) is -0.115. The van der Waals surface area contributed by atoms with Gasteiger partial charge in [0.2, 0.25) is 10.0 Å². The third-order valence-electron chi connectivity index (χ3n) is 3.24. The minimum atomic E-state index is -3.45. The monoisotopic (exact) mass is 323 g/mol. The van der Waals surface area contributed by atoms with Crippen LogP contribution in [0.15, 0.2) is 54.6 Å². The lowest BCUT2D eigenvalue weighted by Gasteiger charge is -2.17. The molecule has 0 spiro atoms. The van der Waals surface area contributed by atoms with Crippen LogP contribution in [0.1, 0.15) is 30.5 Å². The summed E-state index contributed by atoms with van der Waals surface area (Å²) in [5.41, 5.74) is 1.57. The van der Waals surface area contributed by atoms with Gasteiger partial charge in [0.15, 0.2) is 0 Å². The van der Waals surface area contributed by atoms with Crippen LogP contribution in [0.3, 0.4) is 0 Å². The molecule has 0 heterocycles. The minimum absolute atomic E-state index is 0.115. The van der Waals surface area contributed by atoms with Crippen LogP contribution in [0.2, 0.25) is 5.02 Å². The van der Waals surface area contributed by atoms with Crippen molar-refractivity contribution in [3.8, 4) is 0 Å². The zero-order chi connectivity index (χ0) is 15.3. The van der Waals surface area contributed by atoms with Gasteiger partial charge in [-0.2, -0.15) is 0 Å². The van der Waals surface area contributed by atoms with Gasteiger partial charge in [-0.25, -0.2) is 13.1 Å². The fourth-order valence-corrected chi connectivity index (χ4v) is 3.91. The average Bonchev–Trinajstić information content (AvgIpc) is 2.48. The molecular weight excluding hydrogens is 306 g/mol. The highest BCUT2D eigenvalue weighted by Crippen LogP contribution is 2.21. The van der Waals surface area contributed by atoms with E-state index in [1.165, 1.54) is 0 Å². The molecule has 2 aromatic carbocycles. The average molecular weight is 324 g/mol. The molecule has 0 fully saturated rings. The molecule has 0 amide bonds. The van der Waals surface area contributed by atoms with Crippen LogP contribution in [0.5, 0.6) is 0 Å². The van der Waals surface area contributed by atoms with Crippen molar-refractivity contribution in [2.24, 2.45) is 0 Å².